The molecule has 0 radical (unpaired) electrons. The molecule has 0 aliphatic carbocycles. The van der Waals surface area contributed by atoms with Gasteiger partial charge in [0.05, 0.1) is 10.0 Å². The van der Waals surface area contributed by atoms with Gasteiger partial charge in [-0.1, -0.05) is 0 Å². The van der Waals surface area contributed by atoms with Gasteiger partial charge in [0.2, 0.25) is 0 Å². The van der Waals surface area contributed by atoms with E-state index in [2.05, 4.69) is 15.9 Å². The van der Waals surface area contributed by atoms with Gasteiger partial charge < -0.3 is 20.3 Å². The first-order valence-corrected chi connectivity index (χ1v) is 5.47. The van der Waals surface area contributed by atoms with Crippen LogP contribution >= 0.6 is 15.9 Å². The lowest BCUT2D eigenvalue weighted by Crippen LogP contribution is -2.18. The summed E-state index contributed by atoms with van der Waals surface area (Å²) in [6.45, 7) is 2.79. The molecule has 0 aromatic heterocycles. The van der Waals surface area contributed by atoms with Crippen LogP contribution in [0.1, 0.15) is 18.5 Å². The van der Waals surface area contributed by atoms with Gasteiger partial charge in [0, 0.05) is 12.1 Å². The normalized spacial score (nSPS) is 16.2. The van der Waals surface area contributed by atoms with Gasteiger partial charge in [0.15, 0.2) is 11.5 Å². The first-order valence-electron chi connectivity index (χ1n) is 4.67. The molecule has 4 nitrogen and oxygen atoms in total. The Labute approximate surface area is 96.1 Å². The number of ether oxygens (including phenoxy) is 2. The number of hydrogen-bond donors (Lipinski definition) is 2. The molecular formula is C10H12BrNO3. The third-order valence-corrected chi connectivity index (χ3v) is 2.85. The van der Waals surface area contributed by atoms with Crippen LogP contribution in [-0.2, 0) is 0 Å². The Morgan fingerprint density at radius 3 is 2.80 bits per heavy atom. The van der Waals surface area contributed by atoms with Crippen molar-refractivity contribution in [2.75, 3.05) is 13.2 Å². The van der Waals surface area contributed by atoms with Crippen molar-refractivity contribution >= 4 is 15.9 Å². The van der Waals surface area contributed by atoms with Crippen molar-refractivity contribution < 1.29 is 14.6 Å². The van der Waals surface area contributed by atoms with Crippen LogP contribution in [0, 0.1) is 0 Å². The van der Waals surface area contributed by atoms with Crippen molar-refractivity contribution in [2.45, 2.75) is 13.0 Å². The van der Waals surface area contributed by atoms with E-state index in [0.717, 1.165) is 0 Å². The largest absolute Gasteiger partial charge is 0.506 e. The lowest BCUT2D eigenvalue weighted by molar-refractivity contribution is 0.168. The van der Waals surface area contributed by atoms with Gasteiger partial charge in [-0.2, -0.15) is 0 Å². The Kier molecular flexibility index (Phi) is 2.75. The van der Waals surface area contributed by atoms with Crippen molar-refractivity contribution in [2.24, 2.45) is 5.73 Å². The molecular weight excluding hydrogens is 262 g/mol. The number of nitrogens with two attached hydrogens (primary N) is 1. The molecule has 1 unspecified atom stereocenters. The van der Waals surface area contributed by atoms with Crippen molar-refractivity contribution in [1.82, 2.24) is 0 Å². The monoisotopic (exact) mass is 273 g/mol. The summed E-state index contributed by atoms with van der Waals surface area (Å²) in [4.78, 5) is 0. The van der Waals surface area contributed by atoms with Gasteiger partial charge in [-0.15, -0.1) is 0 Å². The van der Waals surface area contributed by atoms with Gasteiger partial charge in [-0.3, -0.25) is 0 Å². The molecule has 0 bridgehead atoms. The number of benzene rings is 1. The zero-order valence-corrected chi connectivity index (χ0v) is 9.87. The Morgan fingerprint density at radius 2 is 2.13 bits per heavy atom. The smallest absolute Gasteiger partial charge is 0.169 e. The molecule has 1 heterocycles. The fourth-order valence-electron chi connectivity index (χ4n) is 1.59. The SMILES string of the molecule is CC(N)c1c(O)c(Br)cc2c1OCCO2. The molecule has 3 N–H and O–H groups in total. The summed E-state index contributed by atoms with van der Waals surface area (Å²) in [5.41, 5.74) is 6.37. The van der Waals surface area contributed by atoms with Crippen LogP contribution in [0.2, 0.25) is 0 Å². The van der Waals surface area contributed by atoms with Gasteiger partial charge in [0.25, 0.3) is 0 Å². The zero-order chi connectivity index (χ0) is 11.0. The highest BCUT2D eigenvalue weighted by Crippen LogP contribution is 2.45. The lowest BCUT2D eigenvalue weighted by Gasteiger charge is -2.23. The Balaban J connectivity index is 2.63. The molecule has 1 aromatic rings. The number of hydrogen-bond acceptors (Lipinski definition) is 4. The fraction of sp³-hybridized carbons (Fsp3) is 0.400. The second-order valence-corrected chi connectivity index (χ2v) is 4.29. The number of halogens is 1. The topological polar surface area (TPSA) is 64.7 Å². The summed E-state index contributed by atoms with van der Waals surface area (Å²) in [6, 6.07) is 1.38. The van der Waals surface area contributed by atoms with Crippen molar-refractivity contribution in [3.63, 3.8) is 0 Å². The molecule has 82 valence electrons. The van der Waals surface area contributed by atoms with Gasteiger partial charge in [-0.05, 0) is 22.9 Å². The second kappa shape index (κ2) is 3.90. The van der Waals surface area contributed by atoms with E-state index >= 15 is 0 Å². The summed E-state index contributed by atoms with van der Waals surface area (Å²) >= 11 is 3.25. The summed E-state index contributed by atoms with van der Waals surface area (Å²) in [7, 11) is 0. The van der Waals surface area contributed by atoms with E-state index in [4.69, 9.17) is 15.2 Å². The van der Waals surface area contributed by atoms with Gasteiger partial charge in [0.1, 0.15) is 19.0 Å². The van der Waals surface area contributed by atoms with Crippen LogP contribution in [0.15, 0.2) is 10.5 Å². The second-order valence-electron chi connectivity index (χ2n) is 3.43. The summed E-state index contributed by atoms with van der Waals surface area (Å²) in [5, 5.41) is 9.86. The minimum absolute atomic E-state index is 0.120. The van der Waals surface area contributed by atoms with Crippen LogP contribution in [-0.4, -0.2) is 18.3 Å². The number of fused-ring (bicyclic) bond motifs is 1. The zero-order valence-electron chi connectivity index (χ0n) is 8.29. The highest BCUT2D eigenvalue weighted by Gasteiger charge is 2.23. The summed E-state index contributed by atoms with van der Waals surface area (Å²) < 4.78 is 11.5. The van der Waals surface area contributed by atoms with E-state index < -0.39 is 0 Å². The molecule has 5 heteroatoms. The highest BCUT2D eigenvalue weighted by atomic mass is 79.9. The maximum atomic E-state index is 9.86. The Hall–Kier alpha value is -0.940. The van der Waals surface area contributed by atoms with E-state index in [9.17, 15) is 5.11 Å². The molecule has 15 heavy (non-hydrogen) atoms. The van der Waals surface area contributed by atoms with Gasteiger partial charge in [-0.25, -0.2) is 0 Å². The fourth-order valence-corrected chi connectivity index (χ4v) is 2.01. The number of rotatable bonds is 1. The first-order chi connectivity index (χ1) is 7.11. The third-order valence-electron chi connectivity index (χ3n) is 2.25. The van der Waals surface area contributed by atoms with Crippen LogP contribution in [0.25, 0.3) is 0 Å². The average Bonchev–Trinajstić information content (AvgIpc) is 2.19. The minimum Gasteiger partial charge on any atom is -0.506 e. The Bertz CT molecular complexity index is 393. The molecule has 0 fully saturated rings. The van der Waals surface area contributed by atoms with Crippen molar-refractivity contribution in [3.05, 3.63) is 16.1 Å². The maximum absolute atomic E-state index is 9.86. The average molecular weight is 274 g/mol. The number of phenolic OH excluding ortho intramolecular Hbond substituents is 1. The van der Waals surface area contributed by atoms with Crippen LogP contribution in [0.3, 0.4) is 0 Å². The van der Waals surface area contributed by atoms with Crippen molar-refractivity contribution in [3.8, 4) is 17.2 Å². The Morgan fingerprint density at radius 1 is 1.47 bits per heavy atom. The molecule has 1 aliphatic rings. The van der Waals surface area contributed by atoms with E-state index in [1.807, 2.05) is 0 Å². The summed E-state index contributed by atoms with van der Waals surface area (Å²) in [6.07, 6.45) is 0. The maximum Gasteiger partial charge on any atom is 0.169 e. The van der Waals surface area contributed by atoms with E-state index in [1.54, 1.807) is 13.0 Å². The molecule has 0 saturated heterocycles. The van der Waals surface area contributed by atoms with E-state index in [-0.39, 0.29) is 11.8 Å². The lowest BCUT2D eigenvalue weighted by atomic mass is 10.1. The number of aromatic hydroxyl groups is 1. The van der Waals surface area contributed by atoms with E-state index in [1.165, 1.54) is 0 Å². The minimum atomic E-state index is -0.307. The highest BCUT2D eigenvalue weighted by molar-refractivity contribution is 9.10. The molecule has 1 atom stereocenters. The molecule has 1 aliphatic heterocycles. The third kappa shape index (κ3) is 1.77. The molecule has 0 saturated carbocycles. The van der Waals surface area contributed by atoms with Crippen molar-refractivity contribution in [1.29, 1.82) is 0 Å². The van der Waals surface area contributed by atoms with Crippen LogP contribution in [0.4, 0.5) is 0 Å². The molecule has 0 amide bonds. The van der Waals surface area contributed by atoms with Crippen LogP contribution < -0.4 is 15.2 Å². The molecule has 2 rings (SSSR count). The molecule has 0 spiro atoms. The first kappa shape index (κ1) is 10.6. The molecule has 1 aromatic carbocycles. The number of phenols is 1. The van der Waals surface area contributed by atoms with E-state index in [0.29, 0.717) is 34.7 Å². The quantitative estimate of drug-likeness (QED) is 0.821. The predicted octanol–water partition coefficient (Wildman–Crippen LogP) is 1.95. The summed E-state index contributed by atoms with van der Waals surface area (Å²) in [5.74, 6) is 1.30. The standard InChI is InChI=1S/C10H12BrNO3/c1-5(12)8-9(13)6(11)4-7-10(8)15-3-2-14-7/h4-5,13H,2-3,12H2,1H3. The van der Waals surface area contributed by atoms with Crippen LogP contribution in [0.5, 0.6) is 17.2 Å². The predicted molar refractivity (Wildman–Crippen MR) is 59.4 cm³/mol. The van der Waals surface area contributed by atoms with Gasteiger partial charge >= 0.3 is 0 Å².